The first-order chi connectivity index (χ1) is 15.3. The van der Waals surface area contributed by atoms with Gasteiger partial charge in [0, 0.05) is 69.8 Å². The number of likely N-dealkylation sites (tertiary alicyclic amines) is 1. The summed E-state index contributed by atoms with van der Waals surface area (Å²) in [6.07, 6.45) is 8.56. The Kier molecular flexibility index (Phi) is 6.59. The van der Waals surface area contributed by atoms with Crippen LogP contribution in [-0.4, -0.2) is 83.0 Å². The summed E-state index contributed by atoms with van der Waals surface area (Å²) in [6.45, 7) is 9.12. The number of hydrogen-bond acceptors (Lipinski definition) is 8. The fraction of sp³-hybridized carbons (Fsp3) is 0.565. The van der Waals surface area contributed by atoms with Gasteiger partial charge in [0.2, 0.25) is 6.79 Å². The summed E-state index contributed by atoms with van der Waals surface area (Å²) in [5.74, 6) is 1.74. The number of ether oxygens (including phenoxy) is 2. The van der Waals surface area contributed by atoms with Gasteiger partial charge in [-0.2, -0.15) is 0 Å². The van der Waals surface area contributed by atoms with E-state index in [4.69, 9.17) is 9.47 Å². The summed E-state index contributed by atoms with van der Waals surface area (Å²) in [5.41, 5.74) is 2.52. The van der Waals surface area contributed by atoms with E-state index in [1.165, 1.54) is 30.5 Å². The number of nitrogens with zero attached hydrogens (tertiary/aromatic N) is 5. The van der Waals surface area contributed by atoms with Crippen LogP contribution in [0.2, 0.25) is 0 Å². The van der Waals surface area contributed by atoms with Gasteiger partial charge in [-0.15, -0.1) is 0 Å². The van der Waals surface area contributed by atoms with Crippen LogP contribution in [0.25, 0.3) is 0 Å². The maximum atomic E-state index is 5.53. The van der Waals surface area contributed by atoms with Gasteiger partial charge in [-0.3, -0.25) is 14.7 Å². The molecule has 8 heteroatoms. The molecule has 166 valence electrons. The number of thioether (sulfide) groups is 1. The summed E-state index contributed by atoms with van der Waals surface area (Å²) in [4.78, 5) is 16.7. The lowest BCUT2D eigenvalue weighted by Crippen LogP contribution is -2.54. The van der Waals surface area contributed by atoms with Crippen LogP contribution in [0.5, 0.6) is 11.5 Å². The lowest BCUT2D eigenvalue weighted by Gasteiger charge is -2.43. The van der Waals surface area contributed by atoms with E-state index in [0.29, 0.717) is 12.8 Å². The van der Waals surface area contributed by atoms with Gasteiger partial charge in [0.1, 0.15) is 0 Å². The quantitative estimate of drug-likeness (QED) is 0.501. The van der Waals surface area contributed by atoms with E-state index in [1.807, 2.05) is 24.7 Å². The number of piperazine rings is 1. The van der Waals surface area contributed by atoms with E-state index in [0.717, 1.165) is 62.5 Å². The molecular formula is C23H31N5O2S. The van der Waals surface area contributed by atoms with Crippen molar-refractivity contribution in [1.29, 1.82) is 0 Å². The first-order valence-corrected chi connectivity index (χ1v) is 12.4. The van der Waals surface area contributed by atoms with Crippen molar-refractivity contribution in [3.05, 3.63) is 41.7 Å². The fourth-order valence-corrected chi connectivity index (χ4v) is 5.16. The highest BCUT2D eigenvalue weighted by molar-refractivity contribution is 7.98. The number of rotatable bonds is 6. The highest BCUT2D eigenvalue weighted by Crippen LogP contribution is 2.33. The molecule has 0 saturated carbocycles. The first kappa shape index (κ1) is 21.0. The number of fused-ring (bicyclic) bond motifs is 1. The molecule has 1 aromatic carbocycles. The average molecular weight is 442 g/mol. The maximum Gasteiger partial charge on any atom is 0.231 e. The second kappa shape index (κ2) is 9.73. The van der Waals surface area contributed by atoms with Crippen molar-refractivity contribution in [3.8, 4) is 11.5 Å². The summed E-state index contributed by atoms with van der Waals surface area (Å²) in [7, 11) is 0. The summed E-state index contributed by atoms with van der Waals surface area (Å²) < 4.78 is 11.0. The van der Waals surface area contributed by atoms with Crippen molar-refractivity contribution >= 4 is 11.8 Å². The van der Waals surface area contributed by atoms with Crippen LogP contribution in [0, 0.1) is 0 Å². The number of piperidine rings is 1. The molecule has 3 aliphatic heterocycles. The zero-order valence-electron chi connectivity index (χ0n) is 18.2. The SMILES string of the molecule is CSc1ncc(CN2CCC[C@H](N3CCN(Cc4ccc5c(c4)OCO5)CC3)C2)cn1. The minimum Gasteiger partial charge on any atom is -0.454 e. The molecule has 0 unspecified atom stereocenters. The van der Waals surface area contributed by atoms with E-state index in [1.54, 1.807) is 11.8 Å². The largest absolute Gasteiger partial charge is 0.454 e. The first-order valence-electron chi connectivity index (χ1n) is 11.2. The molecule has 3 aliphatic rings. The van der Waals surface area contributed by atoms with E-state index < -0.39 is 0 Å². The third-order valence-electron chi connectivity index (χ3n) is 6.52. The molecule has 2 aromatic rings. The normalized spacial score (nSPS) is 22.7. The molecule has 2 fully saturated rings. The lowest BCUT2D eigenvalue weighted by molar-refractivity contribution is 0.0476. The van der Waals surface area contributed by atoms with Crippen LogP contribution in [0.4, 0.5) is 0 Å². The average Bonchev–Trinajstić information content (AvgIpc) is 3.28. The van der Waals surface area contributed by atoms with Crippen molar-refractivity contribution < 1.29 is 9.47 Å². The van der Waals surface area contributed by atoms with Crippen LogP contribution >= 0.6 is 11.8 Å². The Morgan fingerprint density at radius 1 is 0.935 bits per heavy atom. The van der Waals surface area contributed by atoms with Gasteiger partial charge < -0.3 is 9.47 Å². The molecular weight excluding hydrogens is 410 g/mol. The Morgan fingerprint density at radius 2 is 1.71 bits per heavy atom. The van der Waals surface area contributed by atoms with Gasteiger partial charge >= 0.3 is 0 Å². The van der Waals surface area contributed by atoms with E-state index in [9.17, 15) is 0 Å². The highest BCUT2D eigenvalue weighted by Gasteiger charge is 2.28. The Bertz CT molecular complexity index is 873. The van der Waals surface area contributed by atoms with Crippen molar-refractivity contribution in [3.63, 3.8) is 0 Å². The van der Waals surface area contributed by atoms with Gasteiger partial charge in [0.05, 0.1) is 0 Å². The van der Waals surface area contributed by atoms with E-state index in [-0.39, 0.29) is 0 Å². The Morgan fingerprint density at radius 3 is 2.52 bits per heavy atom. The van der Waals surface area contributed by atoms with E-state index >= 15 is 0 Å². The number of benzene rings is 1. The Hall–Kier alpha value is -1.87. The molecule has 1 aromatic heterocycles. The predicted molar refractivity (Wildman–Crippen MR) is 122 cm³/mol. The molecule has 0 radical (unpaired) electrons. The summed E-state index contributed by atoms with van der Waals surface area (Å²) in [5, 5.41) is 0.846. The third-order valence-corrected chi connectivity index (χ3v) is 7.09. The van der Waals surface area contributed by atoms with E-state index in [2.05, 4.69) is 36.8 Å². The van der Waals surface area contributed by atoms with Crippen molar-refractivity contribution in [1.82, 2.24) is 24.7 Å². The van der Waals surface area contributed by atoms with Gasteiger partial charge in [-0.1, -0.05) is 17.8 Å². The van der Waals surface area contributed by atoms with Crippen molar-refractivity contribution in [2.24, 2.45) is 0 Å². The predicted octanol–water partition coefficient (Wildman–Crippen LogP) is 2.71. The van der Waals surface area contributed by atoms with Crippen molar-refractivity contribution in [2.45, 2.75) is 37.1 Å². The Labute approximate surface area is 188 Å². The lowest BCUT2D eigenvalue weighted by atomic mass is 10.0. The molecule has 0 aliphatic carbocycles. The summed E-state index contributed by atoms with van der Waals surface area (Å²) in [6, 6.07) is 6.98. The minimum atomic E-state index is 0.339. The third kappa shape index (κ3) is 5.14. The van der Waals surface area contributed by atoms with Gasteiger partial charge in [0.25, 0.3) is 0 Å². The van der Waals surface area contributed by atoms with Crippen LogP contribution in [0.3, 0.4) is 0 Å². The molecule has 0 amide bonds. The molecule has 0 spiro atoms. The second-order valence-electron chi connectivity index (χ2n) is 8.61. The second-order valence-corrected chi connectivity index (χ2v) is 9.38. The maximum absolute atomic E-state index is 5.53. The van der Waals surface area contributed by atoms with Crippen LogP contribution in [-0.2, 0) is 13.1 Å². The van der Waals surface area contributed by atoms with Gasteiger partial charge in [-0.25, -0.2) is 9.97 Å². The highest BCUT2D eigenvalue weighted by atomic mass is 32.2. The minimum absolute atomic E-state index is 0.339. The smallest absolute Gasteiger partial charge is 0.231 e. The monoisotopic (exact) mass is 441 g/mol. The van der Waals surface area contributed by atoms with Crippen LogP contribution < -0.4 is 9.47 Å². The standard InChI is InChI=1S/C23H31N5O2S/c1-31-23-24-12-19(13-25-23)15-27-6-2-3-20(16-27)28-9-7-26(8-10-28)14-18-4-5-21-22(11-18)30-17-29-21/h4-5,11-13,20H,2-3,6-10,14-17H2,1H3/t20-/m0/s1. The molecule has 5 rings (SSSR count). The Balaban J connectivity index is 1.10. The van der Waals surface area contributed by atoms with Crippen molar-refractivity contribution in [2.75, 3.05) is 52.3 Å². The summed E-state index contributed by atoms with van der Waals surface area (Å²) >= 11 is 1.59. The van der Waals surface area contributed by atoms with Gasteiger partial charge in [-0.05, 0) is 43.3 Å². The van der Waals surface area contributed by atoms with Crippen LogP contribution in [0.15, 0.2) is 35.7 Å². The topological polar surface area (TPSA) is 54.0 Å². The van der Waals surface area contributed by atoms with Gasteiger partial charge in [0.15, 0.2) is 16.7 Å². The molecule has 0 N–H and O–H groups in total. The molecule has 2 saturated heterocycles. The fourth-order valence-electron chi connectivity index (χ4n) is 4.85. The molecule has 1 atom stereocenters. The number of aromatic nitrogens is 2. The number of hydrogen-bond donors (Lipinski definition) is 0. The molecule has 0 bridgehead atoms. The molecule has 4 heterocycles. The van der Waals surface area contributed by atoms with Crippen LogP contribution in [0.1, 0.15) is 24.0 Å². The zero-order valence-corrected chi connectivity index (χ0v) is 19.0. The zero-order chi connectivity index (χ0) is 21.0. The molecule has 7 nitrogen and oxygen atoms in total. The molecule has 31 heavy (non-hydrogen) atoms.